The zero-order valence-electron chi connectivity index (χ0n) is 9.90. The highest BCUT2D eigenvalue weighted by Gasteiger charge is 2.33. The van der Waals surface area contributed by atoms with Crippen LogP contribution < -0.4 is 0 Å². The Morgan fingerprint density at radius 3 is 2.47 bits per heavy atom. The molecule has 1 N–H and O–H groups in total. The van der Waals surface area contributed by atoms with Crippen molar-refractivity contribution < 1.29 is 19.1 Å². The van der Waals surface area contributed by atoms with Gasteiger partial charge >= 0.3 is 5.97 Å². The summed E-state index contributed by atoms with van der Waals surface area (Å²) in [5.74, 6) is -1.50. The number of carboxylic acids is 1. The fourth-order valence-corrected chi connectivity index (χ4v) is 2.01. The minimum atomic E-state index is -1.16. The number of nitrogens with zero attached hydrogens (tertiary/aromatic N) is 1. The molecule has 2 rings (SSSR count). The van der Waals surface area contributed by atoms with Crippen LogP contribution in [0.3, 0.4) is 0 Å². The van der Waals surface area contributed by atoms with Crippen molar-refractivity contribution in [2.45, 2.75) is 20.3 Å². The topological polar surface area (TPSA) is 70.8 Å². The Hall–Kier alpha value is -1.78. The van der Waals surface area contributed by atoms with Crippen LogP contribution in [-0.2, 0) is 0 Å². The average molecular weight is 237 g/mol. The van der Waals surface area contributed by atoms with E-state index < -0.39 is 5.97 Å². The third-order valence-corrected chi connectivity index (χ3v) is 2.99. The molecule has 0 spiro atoms. The Kier molecular flexibility index (Phi) is 2.69. The van der Waals surface area contributed by atoms with Gasteiger partial charge < -0.3 is 14.4 Å². The zero-order chi connectivity index (χ0) is 12.6. The van der Waals surface area contributed by atoms with Crippen molar-refractivity contribution >= 4 is 11.9 Å². The molecular formula is C12H15NO4. The predicted octanol–water partition coefficient (Wildman–Crippen LogP) is 1.85. The van der Waals surface area contributed by atoms with Gasteiger partial charge in [-0.15, -0.1) is 0 Å². The molecule has 5 nitrogen and oxygen atoms in total. The molecule has 0 bridgehead atoms. The average Bonchev–Trinajstić information content (AvgIpc) is 2.83. The molecule has 17 heavy (non-hydrogen) atoms. The number of rotatable bonds is 2. The summed E-state index contributed by atoms with van der Waals surface area (Å²) in [6.07, 6.45) is 0.950. The maximum absolute atomic E-state index is 12.0. The van der Waals surface area contributed by atoms with E-state index in [4.69, 9.17) is 9.52 Å². The van der Waals surface area contributed by atoms with Crippen LogP contribution in [0.5, 0.6) is 0 Å². The molecule has 1 amide bonds. The van der Waals surface area contributed by atoms with E-state index in [1.54, 1.807) is 4.90 Å². The lowest BCUT2D eigenvalue weighted by atomic mass is 9.93. The van der Waals surface area contributed by atoms with E-state index in [1.807, 2.05) is 0 Å². The summed E-state index contributed by atoms with van der Waals surface area (Å²) >= 11 is 0. The number of amides is 1. The molecule has 2 heterocycles. The van der Waals surface area contributed by atoms with Gasteiger partial charge in [-0.05, 0) is 24.0 Å². The molecule has 1 aromatic rings. The first-order valence-electron chi connectivity index (χ1n) is 5.51. The second-order valence-corrected chi connectivity index (χ2v) is 5.11. The molecule has 0 unspecified atom stereocenters. The molecule has 1 saturated heterocycles. The Morgan fingerprint density at radius 1 is 1.35 bits per heavy atom. The monoisotopic (exact) mass is 237 g/mol. The van der Waals surface area contributed by atoms with Gasteiger partial charge in [0.1, 0.15) is 0 Å². The van der Waals surface area contributed by atoms with Crippen LogP contribution in [0.1, 0.15) is 41.4 Å². The normalized spacial score (nSPS) is 18.4. The lowest BCUT2D eigenvalue weighted by molar-refractivity contribution is 0.0652. The van der Waals surface area contributed by atoms with E-state index in [1.165, 1.54) is 12.1 Å². The van der Waals surface area contributed by atoms with E-state index in [0.717, 1.165) is 6.42 Å². The lowest BCUT2D eigenvalue weighted by Gasteiger charge is -2.18. The summed E-state index contributed by atoms with van der Waals surface area (Å²) in [5, 5.41) is 8.71. The number of carbonyl (C=O) groups is 2. The molecule has 1 fully saturated rings. The maximum Gasteiger partial charge on any atom is 0.371 e. The van der Waals surface area contributed by atoms with Gasteiger partial charge in [0.25, 0.3) is 5.91 Å². The molecule has 92 valence electrons. The molecule has 0 aliphatic carbocycles. The van der Waals surface area contributed by atoms with Gasteiger partial charge in [0.2, 0.25) is 5.76 Å². The summed E-state index contributed by atoms with van der Waals surface area (Å²) in [6, 6.07) is 2.72. The van der Waals surface area contributed by atoms with Crippen LogP contribution >= 0.6 is 0 Å². The zero-order valence-corrected chi connectivity index (χ0v) is 9.90. The number of carbonyl (C=O) groups excluding carboxylic acids is 1. The summed E-state index contributed by atoms with van der Waals surface area (Å²) in [5.41, 5.74) is 0.123. The Balaban J connectivity index is 2.12. The first kappa shape index (κ1) is 11.7. The molecule has 1 aliphatic heterocycles. The Morgan fingerprint density at radius 2 is 2.00 bits per heavy atom. The molecule has 1 aliphatic rings. The highest BCUT2D eigenvalue weighted by atomic mass is 16.4. The second-order valence-electron chi connectivity index (χ2n) is 5.11. The Bertz CT molecular complexity index is 461. The highest BCUT2D eigenvalue weighted by molar-refractivity contribution is 5.93. The number of carboxylic acid groups (broad SMARTS) is 1. The number of likely N-dealkylation sites (tertiary alicyclic amines) is 1. The van der Waals surface area contributed by atoms with E-state index in [0.29, 0.717) is 13.1 Å². The van der Waals surface area contributed by atoms with Crippen molar-refractivity contribution in [2.75, 3.05) is 13.1 Å². The smallest absolute Gasteiger partial charge is 0.371 e. The largest absolute Gasteiger partial charge is 0.475 e. The molecule has 0 saturated carbocycles. The first-order valence-corrected chi connectivity index (χ1v) is 5.51. The van der Waals surface area contributed by atoms with Crippen LogP contribution in [0.2, 0.25) is 0 Å². The highest BCUT2D eigenvalue weighted by Crippen LogP contribution is 2.29. The summed E-state index contributed by atoms with van der Waals surface area (Å²) in [7, 11) is 0. The van der Waals surface area contributed by atoms with Crippen LogP contribution in [-0.4, -0.2) is 35.0 Å². The van der Waals surface area contributed by atoms with Crippen LogP contribution in [0.25, 0.3) is 0 Å². The molecule has 1 aromatic heterocycles. The van der Waals surface area contributed by atoms with E-state index in [2.05, 4.69) is 13.8 Å². The summed E-state index contributed by atoms with van der Waals surface area (Å²) in [6.45, 7) is 5.57. The van der Waals surface area contributed by atoms with Crippen LogP contribution in [0.4, 0.5) is 0 Å². The quantitative estimate of drug-likeness (QED) is 0.852. The minimum Gasteiger partial charge on any atom is -0.475 e. The second kappa shape index (κ2) is 3.91. The van der Waals surface area contributed by atoms with Gasteiger partial charge in [0.05, 0.1) is 0 Å². The number of aromatic carboxylic acids is 1. The van der Waals surface area contributed by atoms with Gasteiger partial charge in [-0.1, -0.05) is 13.8 Å². The number of hydrogen-bond acceptors (Lipinski definition) is 3. The van der Waals surface area contributed by atoms with Gasteiger partial charge in [-0.2, -0.15) is 0 Å². The molecule has 5 heteroatoms. The first-order chi connectivity index (χ1) is 7.89. The minimum absolute atomic E-state index is 0.0973. The van der Waals surface area contributed by atoms with Gasteiger partial charge in [-0.3, -0.25) is 4.79 Å². The van der Waals surface area contributed by atoms with E-state index >= 15 is 0 Å². The van der Waals surface area contributed by atoms with Crippen molar-refractivity contribution in [2.24, 2.45) is 5.41 Å². The van der Waals surface area contributed by atoms with Crippen LogP contribution in [0.15, 0.2) is 16.5 Å². The van der Waals surface area contributed by atoms with Crippen molar-refractivity contribution in [1.82, 2.24) is 4.90 Å². The van der Waals surface area contributed by atoms with Crippen molar-refractivity contribution in [1.29, 1.82) is 0 Å². The SMILES string of the molecule is CC1(C)CCN(C(=O)c2ccc(C(=O)O)o2)C1. The van der Waals surface area contributed by atoms with Gasteiger partial charge in [0.15, 0.2) is 5.76 Å². The molecule has 0 radical (unpaired) electrons. The predicted molar refractivity (Wildman–Crippen MR) is 60.0 cm³/mol. The Labute approximate surface area is 99.0 Å². The lowest BCUT2D eigenvalue weighted by Crippen LogP contribution is -2.29. The third kappa shape index (κ3) is 2.33. The molecule has 0 atom stereocenters. The van der Waals surface area contributed by atoms with Crippen molar-refractivity contribution in [3.05, 3.63) is 23.7 Å². The van der Waals surface area contributed by atoms with Crippen LogP contribution in [0, 0.1) is 5.41 Å². The fourth-order valence-electron chi connectivity index (χ4n) is 2.01. The fraction of sp³-hybridized carbons (Fsp3) is 0.500. The van der Waals surface area contributed by atoms with E-state index in [9.17, 15) is 9.59 Å². The summed E-state index contributed by atoms with van der Waals surface area (Å²) in [4.78, 5) is 24.4. The van der Waals surface area contributed by atoms with Gasteiger partial charge in [0, 0.05) is 13.1 Å². The molecule has 0 aromatic carbocycles. The van der Waals surface area contributed by atoms with E-state index in [-0.39, 0.29) is 22.8 Å². The van der Waals surface area contributed by atoms with Crippen molar-refractivity contribution in [3.8, 4) is 0 Å². The van der Waals surface area contributed by atoms with Gasteiger partial charge in [-0.25, -0.2) is 4.79 Å². The number of furan rings is 1. The number of hydrogen-bond donors (Lipinski definition) is 1. The third-order valence-electron chi connectivity index (χ3n) is 2.99. The maximum atomic E-state index is 12.0. The summed E-state index contributed by atoms with van der Waals surface area (Å²) < 4.78 is 5.00. The standard InChI is InChI=1S/C12H15NO4/c1-12(2)5-6-13(7-12)10(14)8-3-4-9(17-8)11(15)16/h3-4H,5-7H2,1-2H3,(H,15,16). The molecular weight excluding hydrogens is 222 g/mol. The van der Waals surface area contributed by atoms with Crippen molar-refractivity contribution in [3.63, 3.8) is 0 Å².